The second-order valence-electron chi connectivity index (χ2n) is 11.2. The van der Waals surface area contributed by atoms with Crippen LogP contribution in [0.3, 0.4) is 0 Å². The zero-order valence-electron chi connectivity index (χ0n) is 24.0. The first-order chi connectivity index (χ1) is 19.3. The fourth-order valence-corrected chi connectivity index (χ4v) is 6.03. The van der Waals surface area contributed by atoms with Crippen LogP contribution in [0.25, 0.3) is 0 Å². The van der Waals surface area contributed by atoms with Gasteiger partial charge in [-0.15, -0.1) is 11.3 Å². The molecule has 1 saturated heterocycles. The minimum Gasteiger partial charge on any atom is -0.481 e. The predicted octanol–water partition coefficient (Wildman–Crippen LogP) is 2.45. The molecule has 3 rings (SSSR count). The molecule has 0 saturated carbocycles. The number of hydrogen-bond acceptors (Lipinski definition) is 9. The van der Waals surface area contributed by atoms with Crippen molar-refractivity contribution in [3.8, 4) is 0 Å². The largest absolute Gasteiger partial charge is 0.481 e. The number of thiophene rings is 1. The van der Waals surface area contributed by atoms with Crippen LogP contribution in [-0.2, 0) is 36.4 Å². The molecule has 1 aliphatic rings. The number of nitrogens with one attached hydrogen (secondary N) is 1. The molecule has 0 aliphatic carbocycles. The third kappa shape index (κ3) is 10.4. The van der Waals surface area contributed by atoms with Crippen LogP contribution in [0.2, 0.25) is 0 Å². The van der Waals surface area contributed by atoms with E-state index < -0.39 is 46.4 Å². The molecule has 3 heterocycles. The number of pyridine rings is 1. The Morgan fingerprint density at radius 3 is 2.19 bits per heavy atom. The molecule has 0 bridgehead atoms. The van der Waals surface area contributed by atoms with Crippen molar-refractivity contribution >= 4 is 39.3 Å². The Labute approximate surface area is 248 Å². The number of carboxylic acids is 3. The molecule has 0 amide bonds. The number of sulfonamides is 1. The minimum atomic E-state index is -3.27. The maximum absolute atomic E-state index is 13.4. The van der Waals surface area contributed by atoms with Gasteiger partial charge in [0.2, 0.25) is 10.0 Å². The van der Waals surface area contributed by atoms with Crippen LogP contribution >= 0.6 is 11.3 Å². The molecule has 0 radical (unpaired) electrons. The number of aliphatic hydroxyl groups is 1. The Kier molecular flexibility index (Phi) is 11.7. The zero-order valence-corrected chi connectivity index (χ0v) is 25.6. The van der Waals surface area contributed by atoms with Crippen LogP contribution in [0.5, 0.6) is 0 Å². The molecule has 15 heteroatoms. The lowest BCUT2D eigenvalue weighted by Crippen LogP contribution is -2.44. The normalized spacial score (nSPS) is 17.9. The smallest absolute Gasteiger partial charge is 0.336 e. The topological polar surface area (TPSA) is 194 Å². The standard InChI is InChI=1S/C21H30FN3O2S2.C6H8O7/c1-16-5-6-17(13-23-16)20(2,3)25-12-11-21(15-25,14-24-29(4,26)27)10-9-18-7-8-19(22)28-18;7-3(8)1-6(13,5(11)12)2-4(9)10/h5-8,13,24H,9-12,14-15H2,1-4H3;13H,1-2H2,(H,7,8)(H,9,10)(H,11,12)/t21-;/m0./s1. The number of hydrogen-bond donors (Lipinski definition) is 5. The Bertz CT molecular complexity index is 1350. The van der Waals surface area contributed by atoms with Gasteiger partial charge >= 0.3 is 17.9 Å². The number of likely N-dealkylation sites (tertiary alicyclic amines) is 1. The van der Waals surface area contributed by atoms with Crippen molar-refractivity contribution < 1.29 is 47.6 Å². The van der Waals surface area contributed by atoms with E-state index in [2.05, 4.69) is 34.5 Å². The summed E-state index contributed by atoms with van der Waals surface area (Å²) in [5, 5.41) is 33.6. The summed E-state index contributed by atoms with van der Waals surface area (Å²) in [6, 6.07) is 7.46. The van der Waals surface area contributed by atoms with E-state index in [1.165, 1.54) is 23.7 Å². The zero-order chi connectivity index (χ0) is 31.9. The lowest BCUT2D eigenvalue weighted by atomic mass is 9.82. The molecule has 42 heavy (non-hydrogen) atoms. The Morgan fingerprint density at radius 2 is 1.74 bits per heavy atom. The first-order valence-electron chi connectivity index (χ1n) is 13.0. The van der Waals surface area contributed by atoms with Crippen LogP contribution in [0, 0.1) is 17.5 Å². The van der Waals surface area contributed by atoms with Gasteiger partial charge in [0.25, 0.3) is 0 Å². The van der Waals surface area contributed by atoms with Crippen molar-refractivity contribution in [2.75, 3.05) is 25.9 Å². The molecule has 12 nitrogen and oxygen atoms in total. The van der Waals surface area contributed by atoms with E-state index in [4.69, 9.17) is 20.4 Å². The summed E-state index contributed by atoms with van der Waals surface area (Å²) in [7, 11) is -3.27. The van der Waals surface area contributed by atoms with Gasteiger partial charge in [0, 0.05) is 35.4 Å². The van der Waals surface area contributed by atoms with E-state index >= 15 is 0 Å². The summed E-state index contributed by atoms with van der Waals surface area (Å²) < 4.78 is 39.6. The predicted molar refractivity (Wildman–Crippen MR) is 153 cm³/mol. The summed E-state index contributed by atoms with van der Waals surface area (Å²) in [5.41, 5.74) is -0.990. The third-order valence-electron chi connectivity index (χ3n) is 7.37. The van der Waals surface area contributed by atoms with E-state index in [-0.39, 0.29) is 16.1 Å². The van der Waals surface area contributed by atoms with E-state index in [0.29, 0.717) is 6.54 Å². The van der Waals surface area contributed by atoms with Crippen LogP contribution < -0.4 is 4.72 Å². The van der Waals surface area contributed by atoms with Crippen molar-refractivity contribution in [1.82, 2.24) is 14.6 Å². The van der Waals surface area contributed by atoms with Crippen molar-refractivity contribution in [3.63, 3.8) is 0 Å². The first kappa shape index (κ1) is 35.2. The van der Waals surface area contributed by atoms with Crippen LogP contribution in [0.1, 0.15) is 55.7 Å². The molecule has 0 aromatic carbocycles. The van der Waals surface area contributed by atoms with Gasteiger partial charge in [-0.1, -0.05) is 6.07 Å². The quantitative estimate of drug-likeness (QED) is 0.218. The van der Waals surface area contributed by atoms with Gasteiger partial charge in [-0.05, 0) is 75.8 Å². The van der Waals surface area contributed by atoms with Gasteiger partial charge in [0.1, 0.15) is 0 Å². The molecule has 1 aliphatic heterocycles. The highest BCUT2D eigenvalue weighted by Gasteiger charge is 2.44. The minimum absolute atomic E-state index is 0.177. The highest BCUT2D eigenvalue weighted by molar-refractivity contribution is 7.88. The number of aliphatic carboxylic acids is 3. The number of carboxylic acid groups (broad SMARTS) is 3. The highest BCUT2D eigenvalue weighted by atomic mass is 32.2. The van der Waals surface area contributed by atoms with Crippen LogP contribution in [0.4, 0.5) is 4.39 Å². The average Bonchev–Trinajstić information content (AvgIpc) is 3.48. The van der Waals surface area contributed by atoms with Gasteiger partial charge < -0.3 is 20.4 Å². The molecule has 0 spiro atoms. The maximum Gasteiger partial charge on any atom is 0.336 e. The van der Waals surface area contributed by atoms with Gasteiger partial charge in [0.05, 0.1) is 19.1 Å². The van der Waals surface area contributed by atoms with Gasteiger partial charge in [0.15, 0.2) is 10.7 Å². The van der Waals surface area contributed by atoms with Crippen molar-refractivity contribution in [2.45, 2.75) is 64.0 Å². The number of carbonyl (C=O) groups is 3. The van der Waals surface area contributed by atoms with Crippen LogP contribution in [-0.4, -0.2) is 88.1 Å². The lowest BCUT2D eigenvalue weighted by Gasteiger charge is -2.38. The average molecular weight is 632 g/mol. The van der Waals surface area contributed by atoms with E-state index in [0.717, 1.165) is 48.5 Å². The third-order valence-corrected chi connectivity index (χ3v) is 8.97. The molecule has 2 aromatic heterocycles. The van der Waals surface area contributed by atoms with E-state index in [1.807, 2.05) is 25.3 Å². The number of aryl methyl sites for hydroxylation is 2. The monoisotopic (exact) mass is 631 g/mol. The number of halogens is 1. The SMILES string of the molecule is Cc1ccc(C(C)(C)N2CC[C@@](CCc3ccc(F)s3)(CNS(C)(=O)=O)C2)cn1.O=C(O)CC(O)(CC(=O)O)C(=O)O. The summed E-state index contributed by atoms with van der Waals surface area (Å²) in [6.07, 6.45) is 3.30. The number of rotatable bonds is 13. The second-order valence-corrected chi connectivity index (χ2v) is 14.1. The van der Waals surface area contributed by atoms with Crippen molar-refractivity contribution in [3.05, 3.63) is 51.7 Å². The molecule has 1 atom stereocenters. The van der Waals surface area contributed by atoms with E-state index in [1.54, 1.807) is 0 Å². The molecule has 234 valence electrons. The molecule has 2 aromatic rings. The summed E-state index contributed by atoms with van der Waals surface area (Å²) in [5.74, 6) is -5.02. The van der Waals surface area contributed by atoms with Crippen molar-refractivity contribution in [1.29, 1.82) is 0 Å². The van der Waals surface area contributed by atoms with Crippen molar-refractivity contribution in [2.24, 2.45) is 5.41 Å². The molecular weight excluding hydrogens is 593 g/mol. The summed E-state index contributed by atoms with van der Waals surface area (Å²) >= 11 is 1.17. The summed E-state index contributed by atoms with van der Waals surface area (Å²) in [4.78, 5) is 38.3. The van der Waals surface area contributed by atoms with Gasteiger partial charge in [-0.2, -0.15) is 4.39 Å². The Morgan fingerprint density at radius 1 is 1.12 bits per heavy atom. The molecule has 0 unspecified atom stereocenters. The highest BCUT2D eigenvalue weighted by Crippen LogP contribution is 2.41. The number of nitrogens with zero attached hydrogens (tertiary/aromatic N) is 2. The fourth-order valence-electron chi connectivity index (χ4n) is 4.73. The van der Waals surface area contributed by atoms with Gasteiger partial charge in [-0.3, -0.25) is 19.5 Å². The maximum atomic E-state index is 13.4. The van der Waals surface area contributed by atoms with Gasteiger partial charge in [-0.25, -0.2) is 17.9 Å². The lowest BCUT2D eigenvalue weighted by molar-refractivity contribution is -0.170. The second kappa shape index (κ2) is 14.0. The van der Waals surface area contributed by atoms with E-state index in [9.17, 15) is 27.2 Å². The Hall–Kier alpha value is -2.98. The molecular formula is C27H38FN3O9S2. The number of aromatic nitrogens is 1. The fraction of sp³-hybridized carbons (Fsp3) is 0.556. The Balaban J connectivity index is 0.000000401. The molecule has 5 N–H and O–H groups in total. The molecule has 1 fully saturated rings. The summed E-state index contributed by atoms with van der Waals surface area (Å²) in [6.45, 7) is 8.41. The first-order valence-corrected chi connectivity index (χ1v) is 15.7. The van der Waals surface area contributed by atoms with Crippen LogP contribution in [0.15, 0.2) is 30.5 Å².